The smallest absolute Gasteiger partial charge is 0.550 e. The summed E-state index contributed by atoms with van der Waals surface area (Å²) in [5.74, 6) is -3.49. The van der Waals surface area contributed by atoms with Crippen molar-refractivity contribution in [1.29, 1.82) is 0 Å². The van der Waals surface area contributed by atoms with E-state index in [9.17, 15) is 44.1 Å². The summed E-state index contributed by atoms with van der Waals surface area (Å²) in [4.78, 5) is 61.9. The van der Waals surface area contributed by atoms with E-state index in [2.05, 4.69) is 27.7 Å². The zero-order valence-electron chi connectivity index (χ0n) is 24.0. The van der Waals surface area contributed by atoms with Crippen LogP contribution in [0.1, 0.15) is 131 Å². The Hall–Kier alpha value is -2.05. The number of hydrogen-bond donors (Lipinski definition) is 0. The molecule has 2 atom stereocenters. The summed E-state index contributed by atoms with van der Waals surface area (Å²) in [5, 5.41) is 29.8. The van der Waals surface area contributed by atoms with Gasteiger partial charge < -0.3 is 29.7 Å². The Balaban J connectivity index is -0.000000240. The van der Waals surface area contributed by atoms with E-state index in [1.54, 1.807) is 0 Å². The number of ketones is 3. The standard InChI is InChI=1S/2C12H22O3.C4H6O3.Al/c2*1-3-5-6-10(4-2)7-8-11(13)9-12(14)15;1-3(5)2-4(6)7;/h2*10H,3-9H2,1-2H3,(H,14,15);2H2,1H3,(H,6,7);/q;;;+3/p-3. The Bertz CT molecular complexity index is 621. The first kappa shape index (κ1) is 43.0. The summed E-state index contributed by atoms with van der Waals surface area (Å²) in [5.41, 5.74) is 0. The number of hydrogen-bond acceptors (Lipinski definition) is 9. The summed E-state index contributed by atoms with van der Waals surface area (Å²) >= 11 is 0. The summed E-state index contributed by atoms with van der Waals surface area (Å²) in [6, 6.07) is 0. The SMILES string of the molecule is CC(=O)CC(=O)[O-].CCCCC(CC)CCC(=O)CC(=O)[O-].CCCCC(CC)CCC(=O)CC(=O)[O-].[Al+3]. The minimum atomic E-state index is -1.31. The van der Waals surface area contributed by atoms with Crippen LogP contribution < -0.4 is 15.3 Å². The van der Waals surface area contributed by atoms with E-state index in [-0.39, 0.29) is 34.7 Å². The van der Waals surface area contributed by atoms with Crippen molar-refractivity contribution < 1.29 is 44.1 Å². The van der Waals surface area contributed by atoms with E-state index < -0.39 is 37.2 Å². The van der Waals surface area contributed by atoms with Crippen LogP contribution in [0.25, 0.3) is 0 Å². The van der Waals surface area contributed by atoms with Gasteiger partial charge in [-0.1, -0.05) is 79.1 Å². The van der Waals surface area contributed by atoms with Crippen LogP contribution >= 0.6 is 0 Å². The molecule has 0 saturated carbocycles. The van der Waals surface area contributed by atoms with Gasteiger partial charge in [0, 0.05) is 50.0 Å². The van der Waals surface area contributed by atoms with Gasteiger partial charge >= 0.3 is 17.4 Å². The van der Waals surface area contributed by atoms with Gasteiger partial charge in [0.05, 0.1) is 0 Å². The van der Waals surface area contributed by atoms with Crippen molar-refractivity contribution in [1.82, 2.24) is 0 Å². The van der Waals surface area contributed by atoms with E-state index in [0.717, 1.165) is 38.5 Å². The van der Waals surface area contributed by atoms with Gasteiger partial charge in [-0.05, 0) is 31.6 Å². The largest absolute Gasteiger partial charge is 3.00 e. The molecule has 0 aliphatic carbocycles. The molecule has 0 amide bonds. The minimum absolute atomic E-state index is 0. The molecular formula is C28H47AlO9. The molecule has 0 aliphatic heterocycles. The molecule has 0 rings (SSSR count). The zero-order chi connectivity index (χ0) is 29.2. The Morgan fingerprint density at radius 3 is 1.05 bits per heavy atom. The molecular weight excluding hydrogens is 507 g/mol. The van der Waals surface area contributed by atoms with Gasteiger partial charge in [-0.15, -0.1) is 0 Å². The number of carboxylic acids is 3. The molecule has 0 N–H and O–H groups in total. The first-order valence-corrected chi connectivity index (χ1v) is 13.4. The second-order valence-electron chi connectivity index (χ2n) is 9.34. The molecule has 0 fully saturated rings. The molecule has 0 radical (unpaired) electrons. The van der Waals surface area contributed by atoms with Crippen LogP contribution in [0.15, 0.2) is 0 Å². The molecule has 2 unspecified atom stereocenters. The third-order valence-electron chi connectivity index (χ3n) is 5.83. The topological polar surface area (TPSA) is 172 Å². The molecule has 0 aliphatic rings. The fourth-order valence-electron chi connectivity index (χ4n) is 3.52. The number of Topliss-reactive ketones (excluding diaryl/α,β-unsaturated/α-hetero) is 3. The molecule has 0 heterocycles. The van der Waals surface area contributed by atoms with E-state index in [1.807, 2.05) is 0 Å². The first-order valence-electron chi connectivity index (χ1n) is 13.4. The predicted molar refractivity (Wildman–Crippen MR) is 140 cm³/mol. The van der Waals surface area contributed by atoms with Crippen LogP contribution in [0.2, 0.25) is 0 Å². The summed E-state index contributed by atoms with van der Waals surface area (Å²) in [6.45, 7) is 9.73. The Labute approximate surface area is 239 Å². The average molecular weight is 555 g/mol. The third kappa shape index (κ3) is 36.1. The molecule has 0 bridgehead atoms. The number of carbonyl (C=O) groups is 6. The maximum Gasteiger partial charge on any atom is 3.00 e. The predicted octanol–water partition coefficient (Wildman–Crippen LogP) is 1.72. The van der Waals surface area contributed by atoms with Crippen molar-refractivity contribution in [3.8, 4) is 0 Å². The van der Waals surface area contributed by atoms with Gasteiger partial charge in [-0.2, -0.15) is 0 Å². The summed E-state index contributed by atoms with van der Waals surface area (Å²) in [6.07, 6.45) is 10.2. The molecule has 9 nitrogen and oxygen atoms in total. The number of aliphatic carboxylic acids is 3. The van der Waals surface area contributed by atoms with Crippen molar-refractivity contribution in [3.63, 3.8) is 0 Å². The summed E-state index contributed by atoms with van der Waals surface area (Å²) < 4.78 is 0. The third-order valence-corrected chi connectivity index (χ3v) is 5.83. The Morgan fingerprint density at radius 2 is 0.868 bits per heavy atom. The molecule has 10 heteroatoms. The number of unbranched alkanes of at least 4 members (excludes halogenated alkanes) is 2. The molecule has 216 valence electrons. The van der Waals surface area contributed by atoms with Crippen LogP contribution in [-0.4, -0.2) is 52.6 Å². The molecule has 0 saturated heterocycles. The van der Waals surface area contributed by atoms with E-state index >= 15 is 0 Å². The van der Waals surface area contributed by atoms with Crippen molar-refractivity contribution in [2.24, 2.45) is 11.8 Å². The van der Waals surface area contributed by atoms with Gasteiger partial charge in [0.2, 0.25) is 0 Å². The number of carboxylic acid groups (broad SMARTS) is 3. The van der Waals surface area contributed by atoms with Gasteiger partial charge in [0.15, 0.2) is 0 Å². The van der Waals surface area contributed by atoms with Crippen molar-refractivity contribution >= 4 is 52.6 Å². The van der Waals surface area contributed by atoms with Crippen LogP contribution in [-0.2, 0) is 28.8 Å². The van der Waals surface area contributed by atoms with Crippen molar-refractivity contribution in [3.05, 3.63) is 0 Å². The zero-order valence-corrected chi connectivity index (χ0v) is 25.2. The van der Waals surface area contributed by atoms with Crippen LogP contribution in [0.5, 0.6) is 0 Å². The fourth-order valence-corrected chi connectivity index (χ4v) is 3.52. The molecule has 38 heavy (non-hydrogen) atoms. The fraction of sp³-hybridized carbons (Fsp3) is 0.786. The minimum Gasteiger partial charge on any atom is -0.550 e. The van der Waals surface area contributed by atoms with E-state index in [4.69, 9.17) is 0 Å². The quantitative estimate of drug-likeness (QED) is 0.160. The molecule has 0 aromatic rings. The Kier molecular flexibility index (Phi) is 33.4. The normalized spacial score (nSPS) is 11.3. The van der Waals surface area contributed by atoms with Crippen LogP contribution in [0, 0.1) is 11.8 Å². The maximum atomic E-state index is 11.1. The maximum absolute atomic E-state index is 11.1. The van der Waals surface area contributed by atoms with Gasteiger partial charge in [-0.3, -0.25) is 14.4 Å². The van der Waals surface area contributed by atoms with Crippen LogP contribution in [0.4, 0.5) is 0 Å². The van der Waals surface area contributed by atoms with E-state index in [0.29, 0.717) is 24.7 Å². The van der Waals surface area contributed by atoms with Crippen LogP contribution in [0.3, 0.4) is 0 Å². The summed E-state index contributed by atoms with van der Waals surface area (Å²) in [7, 11) is 0. The monoisotopic (exact) mass is 554 g/mol. The second-order valence-corrected chi connectivity index (χ2v) is 9.34. The van der Waals surface area contributed by atoms with Crippen molar-refractivity contribution in [2.45, 2.75) is 131 Å². The van der Waals surface area contributed by atoms with Gasteiger partial charge in [0.25, 0.3) is 0 Å². The van der Waals surface area contributed by atoms with Gasteiger partial charge in [-0.25, -0.2) is 0 Å². The molecule has 0 aromatic heterocycles. The molecule has 0 aromatic carbocycles. The number of rotatable bonds is 20. The van der Waals surface area contributed by atoms with Gasteiger partial charge in [0.1, 0.15) is 17.3 Å². The molecule has 0 spiro atoms. The number of carbonyl (C=O) groups excluding carboxylic acids is 6. The van der Waals surface area contributed by atoms with Crippen molar-refractivity contribution in [2.75, 3.05) is 0 Å². The first-order chi connectivity index (χ1) is 17.3. The Morgan fingerprint density at radius 1 is 0.553 bits per heavy atom. The van der Waals surface area contributed by atoms with E-state index in [1.165, 1.54) is 32.6 Å². The average Bonchev–Trinajstić information content (AvgIpc) is 2.78. The second kappa shape index (κ2) is 29.5.